The maximum atomic E-state index is 13.4. The Morgan fingerprint density at radius 3 is 2.94 bits per heavy atom. The van der Waals surface area contributed by atoms with Gasteiger partial charge < -0.3 is 14.8 Å². The van der Waals surface area contributed by atoms with Crippen molar-refractivity contribution in [1.29, 1.82) is 0 Å². The normalized spacial score (nSPS) is 19.2. The van der Waals surface area contributed by atoms with Gasteiger partial charge in [0.1, 0.15) is 18.5 Å². The number of piperidine rings is 1. The Bertz CT molecular complexity index is 905. The number of amides is 1. The summed E-state index contributed by atoms with van der Waals surface area (Å²) < 4.78 is 25.1. The van der Waals surface area contributed by atoms with Gasteiger partial charge in [-0.1, -0.05) is 6.07 Å². The van der Waals surface area contributed by atoms with Crippen molar-refractivity contribution in [3.63, 3.8) is 0 Å². The SMILES string of the molecule is CSc1ncccc1CC(=O)NCC1CCN(C[C@H]2COc3ccc(F)cc3O2)CC1. The number of fused-ring (bicyclic) bond motifs is 1. The highest BCUT2D eigenvalue weighted by Gasteiger charge is 2.26. The van der Waals surface area contributed by atoms with E-state index in [0.717, 1.165) is 43.1 Å². The van der Waals surface area contributed by atoms with Crippen LogP contribution in [0.25, 0.3) is 0 Å². The molecule has 2 aliphatic rings. The summed E-state index contributed by atoms with van der Waals surface area (Å²) >= 11 is 1.56. The van der Waals surface area contributed by atoms with Crippen molar-refractivity contribution in [2.45, 2.75) is 30.4 Å². The van der Waals surface area contributed by atoms with Crippen LogP contribution < -0.4 is 14.8 Å². The maximum absolute atomic E-state index is 13.4. The van der Waals surface area contributed by atoms with Crippen molar-refractivity contribution >= 4 is 17.7 Å². The number of benzene rings is 1. The maximum Gasteiger partial charge on any atom is 0.224 e. The standard InChI is InChI=1S/C23H28FN3O3S/c1-31-23-17(3-2-8-25-23)11-22(28)26-13-16-6-9-27(10-7-16)14-19-15-29-20-5-4-18(24)12-21(20)30-19/h2-5,8,12,16,19H,6-7,9-11,13-15H2,1H3,(H,26,28)/t19-/m0/s1. The van der Waals surface area contributed by atoms with E-state index >= 15 is 0 Å². The lowest BCUT2D eigenvalue weighted by Gasteiger charge is -2.35. The van der Waals surface area contributed by atoms with Crippen molar-refractivity contribution in [2.24, 2.45) is 5.92 Å². The minimum absolute atomic E-state index is 0.0457. The Morgan fingerprint density at radius 2 is 2.13 bits per heavy atom. The number of thioether (sulfide) groups is 1. The summed E-state index contributed by atoms with van der Waals surface area (Å²) in [4.78, 5) is 19.0. The zero-order valence-corrected chi connectivity index (χ0v) is 18.5. The van der Waals surface area contributed by atoms with E-state index < -0.39 is 0 Å². The van der Waals surface area contributed by atoms with Gasteiger partial charge in [-0.05, 0) is 61.9 Å². The Labute approximate surface area is 186 Å². The van der Waals surface area contributed by atoms with E-state index in [9.17, 15) is 9.18 Å². The predicted molar refractivity (Wildman–Crippen MR) is 118 cm³/mol. The van der Waals surface area contributed by atoms with Crippen LogP contribution in [0.5, 0.6) is 11.5 Å². The van der Waals surface area contributed by atoms with E-state index in [1.54, 1.807) is 24.0 Å². The first-order chi connectivity index (χ1) is 15.1. The number of rotatable bonds is 7. The molecule has 1 aromatic heterocycles. The summed E-state index contributed by atoms with van der Waals surface area (Å²) in [5.41, 5.74) is 0.971. The molecule has 166 valence electrons. The summed E-state index contributed by atoms with van der Waals surface area (Å²) in [6.45, 7) is 3.84. The van der Waals surface area contributed by atoms with Gasteiger partial charge in [0.25, 0.3) is 0 Å². The van der Waals surface area contributed by atoms with Crippen LogP contribution in [-0.4, -0.2) is 60.9 Å². The van der Waals surface area contributed by atoms with E-state index in [-0.39, 0.29) is 17.8 Å². The lowest BCUT2D eigenvalue weighted by Crippen LogP contribution is -2.45. The first kappa shape index (κ1) is 21.9. The van der Waals surface area contributed by atoms with Crippen LogP contribution >= 0.6 is 11.8 Å². The van der Waals surface area contributed by atoms with Crippen LogP contribution in [0.1, 0.15) is 18.4 Å². The van der Waals surface area contributed by atoms with Crippen molar-refractivity contribution in [3.05, 3.63) is 47.9 Å². The van der Waals surface area contributed by atoms with Gasteiger partial charge in [-0.25, -0.2) is 9.37 Å². The molecule has 1 fully saturated rings. The largest absolute Gasteiger partial charge is 0.486 e. The summed E-state index contributed by atoms with van der Waals surface area (Å²) in [5, 5.41) is 4.00. The van der Waals surface area contributed by atoms with Gasteiger partial charge in [0.05, 0.1) is 11.4 Å². The molecule has 31 heavy (non-hydrogen) atoms. The molecular weight excluding hydrogens is 417 g/mol. The summed E-state index contributed by atoms with van der Waals surface area (Å²) in [6.07, 6.45) is 6.05. The molecule has 1 amide bonds. The molecule has 1 atom stereocenters. The second-order valence-electron chi connectivity index (χ2n) is 8.04. The lowest BCUT2D eigenvalue weighted by atomic mass is 9.96. The van der Waals surface area contributed by atoms with Crippen molar-refractivity contribution in [3.8, 4) is 11.5 Å². The zero-order valence-electron chi connectivity index (χ0n) is 17.7. The van der Waals surface area contributed by atoms with Crippen LogP contribution in [0, 0.1) is 11.7 Å². The number of halogens is 1. The molecular formula is C23H28FN3O3S. The quantitative estimate of drug-likeness (QED) is 0.661. The molecule has 1 saturated heterocycles. The molecule has 8 heteroatoms. The van der Waals surface area contributed by atoms with Crippen LogP contribution in [0.4, 0.5) is 4.39 Å². The third-order valence-corrected chi connectivity index (χ3v) is 6.53. The molecule has 4 rings (SSSR count). The second kappa shape index (κ2) is 10.3. The van der Waals surface area contributed by atoms with Gasteiger partial charge in [-0.2, -0.15) is 0 Å². The molecule has 1 N–H and O–H groups in total. The average molecular weight is 446 g/mol. The van der Waals surface area contributed by atoms with Gasteiger partial charge in [0, 0.05) is 25.4 Å². The van der Waals surface area contributed by atoms with E-state index in [2.05, 4.69) is 15.2 Å². The van der Waals surface area contributed by atoms with Gasteiger partial charge in [0.2, 0.25) is 5.91 Å². The van der Waals surface area contributed by atoms with Gasteiger partial charge >= 0.3 is 0 Å². The number of likely N-dealkylation sites (tertiary alicyclic amines) is 1. The van der Waals surface area contributed by atoms with Gasteiger partial charge in [-0.3, -0.25) is 9.69 Å². The fourth-order valence-corrected chi connectivity index (χ4v) is 4.65. The molecule has 2 aliphatic heterocycles. The fraction of sp³-hybridized carbons (Fsp3) is 0.478. The smallest absolute Gasteiger partial charge is 0.224 e. The number of nitrogens with zero attached hydrogens (tertiary/aromatic N) is 2. The predicted octanol–water partition coefficient (Wildman–Crippen LogP) is 3.15. The number of nitrogens with one attached hydrogen (secondary N) is 1. The molecule has 0 saturated carbocycles. The second-order valence-corrected chi connectivity index (χ2v) is 8.83. The number of carbonyl (C=O) groups excluding carboxylic acids is 1. The Morgan fingerprint density at radius 1 is 1.29 bits per heavy atom. The minimum atomic E-state index is -0.320. The first-order valence-corrected chi connectivity index (χ1v) is 11.9. The van der Waals surface area contributed by atoms with Gasteiger partial charge in [0.15, 0.2) is 11.5 Å². The number of pyridine rings is 1. The van der Waals surface area contributed by atoms with Crippen LogP contribution in [0.15, 0.2) is 41.6 Å². The molecule has 0 aliphatic carbocycles. The topological polar surface area (TPSA) is 63.7 Å². The first-order valence-electron chi connectivity index (χ1n) is 10.7. The number of carbonyl (C=O) groups is 1. The Balaban J connectivity index is 1.18. The number of aromatic nitrogens is 1. The molecule has 3 heterocycles. The fourth-order valence-electron chi connectivity index (χ4n) is 4.08. The Kier molecular flexibility index (Phi) is 7.29. The molecule has 0 radical (unpaired) electrons. The van der Waals surface area contributed by atoms with Crippen LogP contribution in [0.2, 0.25) is 0 Å². The molecule has 0 unspecified atom stereocenters. The van der Waals surface area contributed by atoms with E-state index in [0.29, 0.717) is 37.0 Å². The molecule has 2 aromatic rings. The summed E-state index contributed by atoms with van der Waals surface area (Å²) in [7, 11) is 0. The molecule has 0 spiro atoms. The van der Waals surface area contributed by atoms with Crippen molar-refractivity contribution in [1.82, 2.24) is 15.2 Å². The highest BCUT2D eigenvalue weighted by molar-refractivity contribution is 7.98. The third kappa shape index (κ3) is 5.89. The van der Waals surface area contributed by atoms with Crippen molar-refractivity contribution < 1.29 is 18.7 Å². The number of ether oxygens (including phenoxy) is 2. The minimum Gasteiger partial charge on any atom is -0.486 e. The van der Waals surface area contributed by atoms with Crippen LogP contribution in [0.3, 0.4) is 0 Å². The lowest BCUT2D eigenvalue weighted by molar-refractivity contribution is -0.120. The van der Waals surface area contributed by atoms with Crippen molar-refractivity contribution in [2.75, 3.05) is 39.0 Å². The Hall–Kier alpha value is -2.32. The monoisotopic (exact) mass is 445 g/mol. The third-order valence-electron chi connectivity index (χ3n) is 5.78. The van der Waals surface area contributed by atoms with E-state index in [1.165, 1.54) is 12.1 Å². The summed E-state index contributed by atoms with van der Waals surface area (Å²) in [5.74, 6) is 1.28. The highest BCUT2D eigenvalue weighted by atomic mass is 32.2. The molecule has 1 aromatic carbocycles. The zero-order chi connectivity index (χ0) is 21.6. The highest BCUT2D eigenvalue weighted by Crippen LogP contribution is 2.32. The van der Waals surface area contributed by atoms with Crippen LogP contribution in [-0.2, 0) is 11.2 Å². The van der Waals surface area contributed by atoms with E-state index in [4.69, 9.17) is 9.47 Å². The van der Waals surface area contributed by atoms with E-state index in [1.807, 2.05) is 18.4 Å². The number of hydrogen-bond donors (Lipinski definition) is 1. The average Bonchev–Trinajstić information content (AvgIpc) is 2.79. The summed E-state index contributed by atoms with van der Waals surface area (Å²) in [6, 6.07) is 8.19. The van der Waals surface area contributed by atoms with Gasteiger partial charge in [-0.15, -0.1) is 11.8 Å². The molecule has 6 nitrogen and oxygen atoms in total. The number of hydrogen-bond acceptors (Lipinski definition) is 6. The molecule has 0 bridgehead atoms.